The maximum atomic E-state index is 12.4. The summed E-state index contributed by atoms with van der Waals surface area (Å²) in [5.74, 6) is 0.112. The number of halogens is 1. The minimum Gasteiger partial charge on any atom is -0.384 e. The Balaban J connectivity index is 1.93. The number of hydrogen-bond donors (Lipinski definition) is 1. The molecule has 22 heavy (non-hydrogen) atoms. The van der Waals surface area contributed by atoms with E-state index in [9.17, 15) is 4.79 Å². The van der Waals surface area contributed by atoms with E-state index in [-0.39, 0.29) is 5.91 Å². The monoisotopic (exact) mass is 316 g/mol. The predicted octanol–water partition coefficient (Wildman–Crippen LogP) is 4.50. The van der Waals surface area contributed by atoms with E-state index in [2.05, 4.69) is 5.32 Å². The number of carbonyl (C=O) groups excluding carboxylic acids is 1. The Morgan fingerprint density at radius 3 is 2.59 bits per heavy atom. The first kappa shape index (κ1) is 16.4. The molecule has 2 aromatic carbocycles. The molecule has 3 nitrogen and oxygen atoms in total. The predicted molar refractivity (Wildman–Crippen MR) is 93.8 cm³/mol. The Hall–Kier alpha value is -2.00. The van der Waals surface area contributed by atoms with Crippen LogP contribution in [0, 0.1) is 6.92 Å². The number of aryl methyl sites for hydroxylation is 1. The molecule has 0 heterocycles. The summed E-state index contributed by atoms with van der Waals surface area (Å²) >= 11 is 6.00. The summed E-state index contributed by atoms with van der Waals surface area (Å²) in [7, 11) is 0. The number of carbonyl (C=O) groups is 1. The van der Waals surface area contributed by atoms with Crippen LogP contribution in [0.2, 0.25) is 5.02 Å². The molecule has 0 saturated carbocycles. The number of benzene rings is 2. The van der Waals surface area contributed by atoms with Crippen LogP contribution in [0.4, 0.5) is 11.4 Å². The summed E-state index contributed by atoms with van der Waals surface area (Å²) in [6, 6.07) is 15.5. The minimum atomic E-state index is 0.112. The van der Waals surface area contributed by atoms with E-state index in [0.717, 1.165) is 16.9 Å². The van der Waals surface area contributed by atoms with Crippen molar-refractivity contribution in [1.82, 2.24) is 0 Å². The third-order valence-electron chi connectivity index (χ3n) is 3.54. The first-order valence-electron chi connectivity index (χ1n) is 7.47. The van der Waals surface area contributed by atoms with Crippen molar-refractivity contribution in [2.75, 3.05) is 23.3 Å². The van der Waals surface area contributed by atoms with Crippen LogP contribution in [-0.2, 0) is 4.79 Å². The van der Waals surface area contributed by atoms with E-state index < -0.39 is 0 Å². The molecule has 0 radical (unpaired) electrons. The Morgan fingerprint density at radius 2 is 1.91 bits per heavy atom. The van der Waals surface area contributed by atoms with Gasteiger partial charge < -0.3 is 10.2 Å². The van der Waals surface area contributed by atoms with Crippen molar-refractivity contribution in [3.05, 3.63) is 59.1 Å². The van der Waals surface area contributed by atoms with E-state index in [0.29, 0.717) is 24.5 Å². The molecule has 2 aromatic rings. The van der Waals surface area contributed by atoms with Crippen molar-refractivity contribution in [3.8, 4) is 0 Å². The summed E-state index contributed by atoms with van der Waals surface area (Å²) in [4.78, 5) is 14.2. The number of nitrogens with zero attached hydrogens (tertiary/aromatic N) is 1. The highest BCUT2D eigenvalue weighted by molar-refractivity contribution is 6.30. The number of para-hydroxylation sites is 1. The van der Waals surface area contributed by atoms with Gasteiger partial charge in [0.25, 0.3) is 0 Å². The minimum absolute atomic E-state index is 0.112. The average Bonchev–Trinajstić information content (AvgIpc) is 2.52. The molecule has 0 spiro atoms. The van der Waals surface area contributed by atoms with Crippen molar-refractivity contribution in [2.24, 2.45) is 0 Å². The van der Waals surface area contributed by atoms with E-state index in [4.69, 9.17) is 11.6 Å². The molecule has 0 atom stereocenters. The molecule has 0 aliphatic heterocycles. The van der Waals surface area contributed by atoms with Gasteiger partial charge in [0.05, 0.1) is 0 Å². The van der Waals surface area contributed by atoms with Gasteiger partial charge in [0.1, 0.15) is 0 Å². The highest BCUT2D eigenvalue weighted by atomic mass is 35.5. The lowest BCUT2D eigenvalue weighted by Gasteiger charge is -2.21. The number of rotatable bonds is 6. The molecule has 116 valence electrons. The number of anilines is 2. The molecule has 0 bridgehead atoms. The second kappa shape index (κ2) is 7.85. The molecular formula is C18H21ClN2O. The molecule has 1 amide bonds. The van der Waals surface area contributed by atoms with Crippen molar-refractivity contribution in [3.63, 3.8) is 0 Å². The van der Waals surface area contributed by atoms with E-state index in [1.807, 2.05) is 62.4 Å². The van der Waals surface area contributed by atoms with E-state index in [1.165, 1.54) is 0 Å². The second-order valence-corrected chi connectivity index (χ2v) is 5.55. The molecule has 0 aliphatic carbocycles. The van der Waals surface area contributed by atoms with Gasteiger partial charge in [-0.2, -0.15) is 0 Å². The number of hydrogen-bond acceptors (Lipinski definition) is 2. The largest absolute Gasteiger partial charge is 0.384 e. The van der Waals surface area contributed by atoms with Crippen molar-refractivity contribution < 1.29 is 4.79 Å². The van der Waals surface area contributed by atoms with Crippen molar-refractivity contribution >= 4 is 28.9 Å². The molecule has 0 fully saturated rings. The lowest BCUT2D eigenvalue weighted by atomic mass is 10.2. The van der Waals surface area contributed by atoms with Crippen LogP contribution in [0.3, 0.4) is 0 Å². The van der Waals surface area contributed by atoms with Gasteiger partial charge in [-0.1, -0.05) is 35.9 Å². The summed E-state index contributed by atoms with van der Waals surface area (Å²) < 4.78 is 0. The molecule has 0 aliphatic rings. The van der Waals surface area contributed by atoms with Crippen LogP contribution in [-0.4, -0.2) is 19.0 Å². The molecule has 4 heteroatoms. The van der Waals surface area contributed by atoms with Gasteiger partial charge >= 0.3 is 0 Å². The zero-order chi connectivity index (χ0) is 15.9. The summed E-state index contributed by atoms with van der Waals surface area (Å²) in [5.41, 5.74) is 3.03. The SMILES string of the molecule is CCN(C(=O)CCNc1cc(Cl)ccc1C)c1ccccc1. The van der Waals surface area contributed by atoms with Crippen LogP contribution in [0.25, 0.3) is 0 Å². The lowest BCUT2D eigenvalue weighted by Crippen LogP contribution is -2.31. The van der Waals surface area contributed by atoms with Crippen LogP contribution in [0.5, 0.6) is 0 Å². The molecule has 0 aromatic heterocycles. The van der Waals surface area contributed by atoms with Crippen LogP contribution in [0.15, 0.2) is 48.5 Å². The van der Waals surface area contributed by atoms with Gasteiger partial charge in [-0.3, -0.25) is 4.79 Å². The van der Waals surface area contributed by atoms with Crippen LogP contribution >= 0.6 is 11.6 Å². The molecule has 1 N–H and O–H groups in total. The highest BCUT2D eigenvalue weighted by Crippen LogP contribution is 2.20. The van der Waals surface area contributed by atoms with E-state index in [1.54, 1.807) is 4.90 Å². The quantitative estimate of drug-likeness (QED) is 0.850. The van der Waals surface area contributed by atoms with Crippen molar-refractivity contribution in [1.29, 1.82) is 0 Å². The van der Waals surface area contributed by atoms with Gasteiger partial charge in [0, 0.05) is 35.9 Å². The lowest BCUT2D eigenvalue weighted by molar-refractivity contribution is -0.118. The maximum Gasteiger partial charge on any atom is 0.228 e. The second-order valence-electron chi connectivity index (χ2n) is 5.11. The Labute approximate surface area is 136 Å². The number of amides is 1. The van der Waals surface area contributed by atoms with Gasteiger partial charge in [-0.15, -0.1) is 0 Å². The molecule has 0 unspecified atom stereocenters. The van der Waals surface area contributed by atoms with Gasteiger partial charge in [-0.05, 0) is 43.7 Å². The summed E-state index contributed by atoms with van der Waals surface area (Å²) in [6.45, 7) is 5.25. The summed E-state index contributed by atoms with van der Waals surface area (Å²) in [5, 5.41) is 3.98. The van der Waals surface area contributed by atoms with Gasteiger partial charge in [0.15, 0.2) is 0 Å². The van der Waals surface area contributed by atoms with Crippen LogP contribution < -0.4 is 10.2 Å². The zero-order valence-electron chi connectivity index (χ0n) is 13.0. The Bertz CT molecular complexity index is 628. The first-order valence-corrected chi connectivity index (χ1v) is 7.85. The smallest absolute Gasteiger partial charge is 0.228 e. The fourth-order valence-corrected chi connectivity index (χ4v) is 2.51. The fraction of sp³-hybridized carbons (Fsp3) is 0.278. The summed E-state index contributed by atoms with van der Waals surface area (Å²) in [6.07, 6.45) is 0.439. The molecule has 0 saturated heterocycles. The fourth-order valence-electron chi connectivity index (χ4n) is 2.33. The first-order chi connectivity index (χ1) is 10.6. The third-order valence-corrected chi connectivity index (χ3v) is 3.77. The Morgan fingerprint density at radius 1 is 1.18 bits per heavy atom. The van der Waals surface area contributed by atoms with E-state index >= 15 is 0 Å². The topological polar surface area (TPSA) is 32.3 Å². The van der Waals surface area contributed by atoms with Crippen molar-refractivity contribution in [2.45, 2.75) is 20.3 Å². The molecular weight excluding hydrogens is 296 g/mol. The third kappa shape index (κ3) is 4.25. The Kier molecular flexibility index (Phi) is 5.84. The van der Waals surface area contributed by atoms with Crippen LogP contribution in [0.1, 0.15) is 18.9 Å². The number of nitrogens with one attached hydrogen (secondary N) is 1. The average molecular weight is 317 g/mol. The standard InChI is InChI=1S/C18H21ClN2O/c1-3-21(16-7-5-4-6-8-16)18(22)11-12-20-17-13-15(19)10-9-14(17)2/h4-10,13,20H,3,11-12H2,1-2H3. The zero-order valence-corrected chi connectivity index (χ0v) is 13.7. The van der Waals surface area contributed by atoms with Gasteiger partial charge in [0.2, 0.25) is 5.91 Å². The molecule has 2 rings (SSSR count). The normalized spacial score (nSPS) is 10.3. The maximum absolute atomic E-state index is 12.4. The highest BCUT2D eigenvalue weighted by Gasteiger charge is 2.13. The van der Waals surface area contributed by atoms with Gasteiger partial charge in [-0.25, -0.2) is 0 Å².